The Kier molecular flexibility index (Phi) is 2.21. The maximum absolute atomic E-state index is 10.7. The van der Waals surface area contributed by atoms with Gasteiger partial charge in [-0.25, -0.2) is 0 Å². The Labute approximate surface area is 64.1 Å². The second kappa shape index (κ2) is 3.14. The summed E-state index contributed by atoms with van der Waals surface area (Å²) in [5.41, 5.74) is 0.602. The molecular formula is C8H9NO2. The van der Waals surface area contributed by atoms with Gasteiger partial charge in [0.2, 0.25) is 0 Å². The third-order valence-electron chi connectivity index (χ3n) is 1.27. The van der Waals surface area contributed by atoms with Gasteiger partial charge in [-0.2, -0.15) is 0 Å². The summed E-state index contributed by atoms with van der Waals surface area (Å²) in [4.78, 5) is 24.2. The molecule has 0 aliphatic carbocycles. The fraction of sp³-hybridized carbons (Fsp3) is 0.250. The summed E-state index contributed by atoms with van der Waals surface area (Å²) >= 11 is 0. The maximum Gasteiger partial charge on any atom is 0.181 e. The normalized spacial score (nSPS) is 9.55. The van der Waals surface area contributed by atoms with Crippen molar-refractivity contribution in [1.29, 1.82) is 0 Å². The molecule has 0 spiro atoms. The van der Waals surface area contributed by atoms with Crippen LogP contribution in [0.3, 0.4) is 0 Å². The van der Waals surface area contributed by atoms with E-state index in [1.807, 2.05) is 0 Å². The predicted molar refractivity (Wildman–Crippen MR) is 41.4 cm³/mol. The number of H-pyrrole nitrogens is 1. The molecule has 0 amide bonds. The van der Waals surface area contributed by atoms with Crippen molar-refractivity contribution in [2.24, 2.45) is 0 Å². The Morgan fingerprint density at radius 3 is 2.91 bits per heavy atom. The van der Waals surface area contributed by atoms with Crippen LogP contribution in [0.2, 0.25) is 0 Å². The Balaban J connectivity index is 2.88. The van der Waals surface area contributed by atoms with E-state index in [4.69, 9.17) is 0 Å². The summed E-state index contributed by atoms with van der Waals surface area (Å²) in [6.07, 6.45) is 1.84. The third kappa shape index (κ3) is 2.37. The fourth-order valence-corrected chi connectivity index (χ4v) is 0.863. The number of nitrogens with one attached hydrogen (secondary N) is 1. The Morgan fingerprint density at radius 1 is 1.64 bits per heavy atom. The monoisotopic (exact) mass is 151 g/mol. The number of ketones is 1. The molecule has 1 aromatic rings. The first-order valence-electron chi connectivity index (χ1n) is 3.35. The summed E-state index contributed by atoms with van der Waals surface area (Å²) in [6, 6.07) is 2.85. The molecule has 1 heterocycles. The van der Waals surface area contributed by atoms with Crippen LogP contribution in [0.5, 0.6) is 0 Å². The molecule has 0 aliphatic rings. The van der Waals surface area contributed by atoms with Crippen LogP contribution in [0.15, 0.2) is 23.1 Å². The molecule has 0 unspecified atom stereocenters. The first-order chi connectivity index (χ1) is 5.18. The molecule has 58 valence electrons. The van der Waals surface area contributed by atoms with Gasteiger partial charge in [0.15, 0.2) is 5.43 Å². The molecule has 0 aliphatic heterocycles. The summed E-state index contributed by atoms with van der Waals surface area (Å²) in [5, 5.41) is 0. The van der Waals surface area contributed by atoms with Crippen molar-refractivity contribution in [2.45, 2.75) is 13.3 Å². The van der Waals surface area contributed by atoms with Crippen molar-refractivity contribution in [3.8, 4) is 0 Å². The average Bonchev–Trinajstić information content (AvgIpc) is 1.85. The van der Waals surface area contributed by atoms with Crippen LogP contribution < -0.4 is 5.43 Å². The zero-order valence-corrected chi connectivity index (χ0v) is 6.26. The van der Waals surface area contributed by atoms with Gasteiger partial charge in [0, 0.05) is 30.4 Å². The Bertz CT molecular complexity index is 314. The van der Waals surface area contributed by atoms with E-state index in [2.05, 4.69) is 4.98 Å². The van der Waals surface area contributed by atoms with Crippen LogP contribution in [-0.4, -0.2) is 10.8 Å². The summed E-state index contributed by atoms with van der Waals surface area (Å²) in [7, 11) is 0. The molecule has 0 saturated heterocycles. The molecular weight excluding hydrogens is 142 g/mol. The highest BCUT2D eigenvalue weighted by Gasteiger charge is 1.96. The zero-order chi connectivity index (χ0) is 8.27. The van der Waals surface area contributed by atoms with Gasteiger partial charge in [0.1, 0.15) is 5.78 Å². The number of Topliss-reactive ketones (excluding diaryl/α,β-unsaturated/α-hetero) is 1. The fourth-order valence-electron chi connectivity index (χ4n) is 0.863. The lowest BCUT2D eigenvalue weighted by Gasteiger charge is -1.94. The molecule has 1 aromatic heterocycles. The van der Waals surface area contributed by atoms with Gasteiger partial charge < -0.3 is 4.98 Å². The number of pyridine rings is 1. The number of rotatable bonds is 2. The second-order valence-electron chi connectivity index (χ2n) is 2.43. The molecule has 1 N–H and O–H groups in total. The number of carbonyl (C=O) groups is 1. The molecule has 0 saturated carbocycles. The largest absolute Gasteiger partial charge is 0.364 e. The predicted octanol–water partition coefficient (Wildman–Crippen LogP) is 0.506. The van der Waals surface area contributed by atoms with Crippen LogP contribution in [0.1, 0.15) is 12.6 Å². The molecule has 0 fully saturated rings. The minimum absolute atomic E-state index is 0.0480. The Hall–Kier alpha value is -1.38. The molecule has 0 atom stereocenters. The van der Waals surface area contributed by atoms with Gasteiger partial charge in [-0.1, -0.05) is 0 Å². The van der Waals surface area contributed by atoms with E-state index in [9.17, 15) is 9.59 Å². The highest BCUT2D eigenvalue weighted by Crippen LogP contribution is 1.90. The van der Waals surface area contributed by atoms with Crippen molar-refractivity contribution >= 4 is 5.78 Å². The summed E-state index contributed by atoms with van der Waals surface area (Å²) < 4.78 is 0. The number of aromatic amines is 1. The Morgan fingerprint density at radius 2 is 2.36 bits per heavy atom. The third-order valence-corrected chi connectivity index (χ3v) is 1.27. The van der Waals surface area contributed by atoms with Gasteiger partial charge in [-0.15, -0.1) is 0 Å². The molecule has 11 heavy (non-hydrogen) atoms. The van der Waals surface area contributed by atoms with Crippen molar-refractivity contribution in [3.63, 3.8) is 0 Å². The number of carbonyl (C=O) groups excluding carboxylic acids is 1. The van der Waals surface area contributed by atoms with E-state index in [0.717, 1.165) is 0 Å². The van der Waals surface area contributed by atoms with Crippen molar-refractivity contribution < 1.29 is 4.79 Å². The first kappa shape index (κ1) is 7.72. The molecule has 3 heteroatoms. The lowest BCUT2D eigenvalue weighted by molar-refractivity contribution is -0.116. The standard InChI is InChI=1S/C8H9NO2/c1-6(10)4-7-5-8(11)2-3-9-7/h2-3,5H,4H2,1H3,(H,9,11). The van der Waals surface area contributed by atoms with Crippen molar-refractivity contribution in [1.82, 2.24) is 4.98 Å². The van der Waals surface area contributed by atoms with Gasteiger partial charge in [0.05, 0.1) is 0 Å². The van der Waals surface area contributed by atoms with Crippen LogP contribution in [0.4, 0.5) is 0 Å². The van der Waals surface area contributed by atoms with Crippen LogP contribution in [0.25, 0.3) is 0 Å². The van der Waals surface area contributed by atoms with E-state index in [1.165, 1.54) is 19.1 Å². The van der Waals surface area contributed by atoms with E-state index in [1.54, 1.807) is 6.20 Å². The van der Waals surface area contributed by atoms with Crippen LogP contribution in [0, 0.1) is 0 Å². The van der Waals surface area contributed by atoms with E-state index in [-0.39, 0.29) is 11.2 Å². The smallest absolute Gasteiger partial charge is 0.181 e. The second-order valence-corrected chi connectivity index (χ2v) is 2.43. The van der Waals surface area contributed by atoms with Crippen LogP contribution >= 0.6 is 0 Å². The maximum atomic E-state index is 10.7. The SMILES string of the molecule is CC(=O)Cc1cc(=O)cc[nH]1. The van der Waals surface area contributed by atoms with E-state index >= 15 is 0 Å². The van der Waals surface area contributed by atoms with Crippen molar-refractivity contribution in [2.75, 3.05) is 0 Å². The lowest BCUT2D eigenvalue weighted by Crippen LogP contribution is -2.04. The summed E-state index contributed by atoms with van der Waals surface area (Å²) in [5.74, 6) is 0.0480. The number of hydrogen-bond donors (Lipinski definition) is 1. The quantitative estimate of drug-likeness (QED) is 0.669. The molecule has 1 rings (SSSR count). The topological polar surface area (TPSA) is 49.9 Å². The van der Waals surface area contributed by atoms with Gasteiger partial charge in [0.25, 0.3) is 0 Å². The molecule has 0 aromatic carbocycles. The zero-order valence-electron chi connectivity index (χ0n) is 6.26. The molecule has 0 bridgehead atoms. The van der Waals surface area contributed by atoms with Gasteiger partial charge in [-0.3, -0.25) is 9.59 Å². The van der Waals surface area contributed by atoms with E-state index in [0.29, 0.717) is 12.1 Å². The summed E-state index contributed by atoms with van der Waals surface area (Å²) in [6.45, 7) is 1.49. The molecule has 0 radical (unpaired) electrons. The number of aromatic nitrogens is 1. The van der Waals surface area contributed by atoms with Crippen molar-refractivity contribution in [3.05, 3.63) is 34.2 Å². The van der Waals surface area contributed by atoms with Crippen LogP contribution in [-0.2, 0) is 11.2 Å². The highest BCUT2D eigenvalue weighted by atomic mass is 16.1. The van der Waals surface area contributed by atoms with Gasteiger partial charge in [-0.05, 0) is 6.92 Å². The average molecular weight is 151 g/mol. The van der Waals surface area contributed by atoms with E-state index < -0.39 is 0 Å². The first-order valence-corrected chi connectivity index (χ1v) is 3.35. The minimum atomic E-state index is -0.0694. The minimum Gasteiger partial charge on any atom is -0.364 e. The molecule has 3 nitrogen and oxygen atoms in total. The highest BCUT2D eigenvalue weighted by molar-refractivity contribution is 5.77. The number of hydrogen-bond acceptors (Lipinski definition) is 2. The van der Waals surface area contributed by atoms with Gasteiger partial charge >= 0.3 is 0 Å². The lowest BCUT2D eigenvalue weighted by atomic mass is 10.2.